The van der Waals surface area contributed by atoms with Gasteiger partial charge < -0.3 is 15.5 Å². The highest BCUT2D eigenvalue weighted by molar-refractivity contribution is 6.05. The lowest BCUT2D eigenvalue weighted by Crippen LogP contribution is -2.47. The second-order valence-corrected chi connectivity index (χ2v) is 8.97. The van der Waals surface area contributed by atoms with Gasteiger partial charge in [-0.1, -0.05) is 44.2 Å². The summed E-state index contributed by atoms with van der Waals surface area (Å²) in [5, 5.41) is 5.77. The molecule has 8 heteroatoms. The molecule has 0 saturated carbocycles. The lowest BCUT2D eigenvalue weighted by molar-refractivity contribution is -0.134. The first kappa shape index (κ1) is 23.5. The van der Waals surface area contributed by atoms with E-state index in [-0.39, 0.29) is 30.3 Å². The normalized spacial score (nSPS) is 18.8. The van der Waals surface area contributed by atoms with Crippen LogP contribution in [0.4, 0.5) is 14.9 Å². The quantitative estimate of drug-likeness (QED) is 0.648. The molecule has 2 N–H and O–H groups in total. The van der Waals surface area contributed by atoms with E-state index >= 15 is 0 Å². The Kier molecular flexibility index (Phi) is 6.68. The number of rotatable bonds is 7. The number of carbonyl (C=O) groups excluding carboxylic acids is 3. The van der Waals surface area contributed by atoms with Gasteiger partial charge >= 0.3 is 6.03 Å². The number of nitrogens with zero attached hydrogens (tertiary/aromatic N) is 2. The zero-order chi connectivity index (χ0) is 24.4. The zero-order valence-electron chi connectivity index (χ0n) is 19.5. The van der Waals surface area contributed by atoms with Crippen molar-refractivity contribution in [1.29, 1.82) is 0 Å². The Labute approximate surface area is 198 Å². The van der Waals surface area contributed by atoms with Crippen LogP contribution in [0.3, 0.4) is 0 Å². The highest BCUT2D eigenvalue weighted by Gasteiger charge is 2.46. The molecule has 4 rings (SSSR count). The largest absolute Gasteiger partial charge is 0.326 e. The fourth-order valence-corrected chi connectivity index (χ4v) is 4.58. The average molecular weight is 465 g/mol. The van der Waals surface area contributed by atoms with Crippen molar-refractivity contribution < 1.29 is 18.8 Å². The average Bonchev–Trinajstić information content (AvgIpc) is 3.15. The summed E-state index contributed by atoms with van der Waals surface area (Å²) in [7, 11) is 0. The van der Waals surface area contributed by atoms with Crippen molar-refractivity contribution in [2.75, 3.05) is 18.4 Å². The number of anilines is 1. The predicted molar refractivity (Wildman–Crippen MR) is 127 cm³/mol. The van der Waals surface area contributed by atoms with Gasteiger partial charge in [0.2, 0.25) is 5.91 Å². The van der Waals surface area contributed by atoms with Gasteiger partial charge in [-0.05, 0) is 49.1 Å². The van der Waals surface area contributed by atoms with Crippen molar-refractivity contribution in [1.82, 2.24) is 15.1 Å². The van der Waals surface area contributed by atoms with Crippen molar-refractivity contribution in [3.8, 4) is 0 Å². The van der Waals surface area contributed by atoms with E-state index < -0.39 is 17.9 Å². The SMILES string of the molecule is CCN1C(=O)N[C@H](c2ccccc2)C2=C1CN([C@H](CC(C)C)C(=O)Nc1ccc(F)cc1)C2=O. The lowest BCUT2D eigenvalue weighted by atomic mass is 9.95. The van der Waals surface area contributed by atoms with Crippen molar-refractivity contribution in [2.45, 2.75) is 39.3 Å². The molecule has 0 unspecified atom stereocenters. The van der Waals surface area contributed by atoms with Crippen LogP contribution in [0.15, 0.2) is 65.9 Å². The summed E-state index contributed by atoms with van der Waals surface area (Å²) in [5.41, 5.74) is 2.40. The highest BCUT2D eigenvalue weighted by atomic mass is 19.1. The van der Waals surface area contributed by atoms with E-state index in [1.54, 1.807) is 9.80 Å². The van der Waals surface area contributed by atoms with E-state index in [1.807, 2.05) is 51.1 Å². The van der Waals surface area contributed by atoms with E-state index in [9.17, 15) is 18.8 Å². The smallest absolute Gasteiger partial charge is 0.322 e. The minimum absolute atomic E-state index is 0.140. The number of carbonyl (C=O) groups is 3. The molecule has 0 radical (unpaired) electrons. The van der Waals surface area contributed by atoms with Gasteiger partial charge in [-0.15, -0.1) is 0 Å². The predicted octanol–water partition coefficient (Wildman–Crippen LogP) is 4.06. The Hall–Kier alpha value is -3.68. The van der Waals surface area contributed by atoms with Crippen LogP contribution in [0.25, 0.3) is 0 Å². The number of amides is 4. The summed E-state index contributed by atoms with van der Waals surface area (Å²) in [4.78, 5) is 43.1. The van der Waals surface area contributed by atoms with Gasteiger partial charge in [-0.2, -0.15) is 0 Å². The molecule has 2 aromatic carbocycles. The van der Waals surface area contributed by atoms with E-state index in [0.717, 1.165) is 5.56 Å². The van der Waals surface area contributed by atoms with Crippen LogP contribution in [-0.2, 0) is 9.59 Å². The molecule has 34 heavy (non-hydrogen) atoms. The van der Waals surface area contributed by atoms with Crippen LogP contribution in [0.1, 0.15) is 38.8 Å². The lowest BCUT2D eigenvalue weighted by Gasteiger charge is -2.32. The molecule has 0 bridgehead atoms. The molecule has 178 valence electrons. The Morgan fingerprint density at radius 1 is 1.12 bits per heavy atom. The van der Waals surface area contributed by atoms with Crippen molar-refractivity contribution in [3.05, 3.63) is 77.2 Å². The molecule has 2 aromatic rings. The van der Waals surface area contributed by atoms with E-state index in [1.165, 1.54) is 24.3 Å². The molecule has 0 fully saturated rings. The molecular formula is C26H29FN4O3. The third-order valence-corrected chi connectivity index (χ3v) is 6.18. The molecule has 2 aliphatic heterocycles. The van der Waals surface area contributed by atoms with Crippen molar-refractivity contribution >= 4 is 23.5 Å². The summed E-state index contributed by atoms with van der Waals surface area (Å²) < 4.78 is 13.3. The fraction of sp³-hybridized carbons (Fsp3) is 0.346. The maximum atomic E-state index is 13.8. The van der Waals surface area contributed by atoms with Crippen LogP contribution >= 0.6 is 0 Å². The van der Waals surface area contributed by atoms with Gasteiger partial charge in [0, 0.05) is 12.2 Å². The van der Waals surface area contributed by atoms with Gasteiger partial charge in [-0.3, -0.25) is 14.5 Å². The van der Waals surface area contributed by atoms with E-state index in [2.05, 4.69) is 10.6 Å². The first-order valence-electron chi connectivity index (χ1n) is 11.5. The van der Waals surface area contributed by atoms with Gasteiger partial charge in [0.05, 0.1) is 23.9 Å². The molecule has 0 saturated heterocycles. The number of halogens is 1. The number of benzene rings is 2. The fourth-order valence-electron chi connectivity index (χ4n) is 4.58. The molecule has 0 aliphatic carbocycles. The minimum Gasteiger partial charge on any atom is -0.326 e. The van der Waals surface area contributed by atoms with Gasteiger partial charge in [0.15, 0.2) is 0 Å². The first-order chi connectivity index (χ1) is 16.3. The monoisotopic (exact) mass is 464 g/mol. The maximum Gasteiger partial charge on any atom is 0.322 e. The van der Waals surface area contributed by atoms with Crippen LogP contribution in [0.5, 0.6) is 0 Å². The van der Waals surface area contributed by atoms with Crippen LogP contribution in [0.2, 0.25) is 0 Å². The number of likely N-dealkylation sites (N-methyl/N-ethyl adjacent to an activating group) is 1. The van der Waals surface area contributed by atoms with Crippen LogP contribution in [-0.4, -0.2) is 46.8 Å². The second kappa shape index (κ2) is 9.67. The molecule has 4 amide bonds. The maximum absolute atomic E-state index is 13.8. The standard InChI is InChI=1S/C26H29FN4O3/c1-4-30-21-15-31(20(14-16(2)3)24(32)28-19-12-10-18(27)11-13-19)25(33)22(21)23(29-26(30)34)17-8-6-5-7-9-17/h5-13,16,20,23H,4,14-15H2,1-3H3,(H,28,32)(H,29,34)/t20-,23-/m1/s1. The first-order valence-corrected chi connectivity index (χ1v) is 11.5. The number of hydrogen-bond acceptors (Lipinski definition) is 3. The van der Waals surface area contributed by atoms with E-state index in [4.69, 9.17) is 0 Å². The summed E-state index contributed by atoms with van der Waals surface area (Å²) in [6.07, 6.45) is 0.447. The van der Waals surface area contributed by atoms with Crippen LogP contribution in [0, 0.1) is 11.7 Å². The summed E-state index contributed by atoms with van der Waals surface area (Å²) in [6, 6.07) is 13.3. The van der Waals surface area contributed by atoms with Gasteiger partial charge in [0.25, 0.3) is 5.91 Å². The molecule has 0 aromatic heterocycles. The molecule has 2 atom stereocenters. The highest BCUT2D eigenvalue weighted by Crippen LogP contribution is 2.37. The second-order valence-electron chi connectivity index (χ2n) is 8.97. The topological polar surface area (TPSA) is 81.8 Å². The Bertz CT molecular complexity index is 1110. The van der Waals surface area contributed by atoms with Gasteiger partial charge in [-0.25, -0.2) is 9.18 Å². The number of hydrogen-bond donors (Lipinski definition) is 2. The Morgan fingerprint density at radius 2 is 1.79 bits per heavy atom. The molecule has 7 nitrogen and oxygen atoms in total. The molecular weight excluding hydrogens is 435 g/mol. The number of nitrogens with one attached hydrogen (secondary N) is 2. The Morgan fingerprint density at radius 3 is 2.41 bits per heavy atom. The summed E-state index contributed by atoms with van der Waals surface area (Å²) >= 11 is 0. The molecule has 0 spiro atoms. The third-order valence-electron chi connectivity index (χ3n) is 6.18. The number of urea groups is 1. The van der Waals surface area contributed by atoms with Crippen molar-refractivity contribution in [3.63, 3.8) is 0 Å². The third kappa shape index (κ3) is 4.53. The van der Waals surface area contributed by atoms with E-state index in [0.29, 0.717) is 29.9 Å². The van der Waals surface area contributed by atoms with Gasteiger partial charge in [0.1, 0.15) is 11.9 Å². The summed E-state index contributed by atoms with van der Waals surface area (Å²) in [5.74, 6) is -0.859. The summed E-state index contributed by atoms with van der Waals surface area (Å²) in [6.45, 7) is 6.41. The Balaban J connectivity index is 1.67. The van der Waals surface area contributed by atoms with Crippen LogP contribution < -0.4 is 10.6 Å². The van der Waals surface area contributed by atoms with Crippen molar-refractivity contribution in [2.24, 2.45) is 5.92 Å². The molecule has 2 heterocycles. The zero-order valence-corrected chi connectivity index (χ0v) is 19.5. The minimum atomic E-state index is -0.742. The molecule has 2 aliphatic rings.